The van der Waals surface area contributed by atoms with Crippen molar-refractivity contribution in [2.24, 2.45) is 10.8 Å². The molecule has 0 unspecified atom stereocenters. The van der Waals surface area contributed by atoms with Gasteiger partial charge in [0.25, 0.3) is 0 Å². The predicted molar refractivity (Wildman–Crippen MR) is 109 cm³/mol. The normalized spacial score (nSPS) is 12.8. The molecule has 0 aromatic heterocycles. The summed E-state index contributed by atoms with van der Waals surface area (Å²) in [6, 6.07) is 18.8. The van der Waals surface area contributed by atoms with Gasteiger partial charge in [-0.1, -0.05) is 102 Å². The third-order valence-corrected chi connectivity index (χ3v) is 4.24. The van der Waals surface area contributed by atoms with Crippen molar-refractivity contribution in [2.45, 2.75) is 54.1 Å². The monoisotopic (exact) mass is 336 g/mol. The van der Waals surface area contributed by atoms with Crippen LogP contribution in [0.5, 0.6) is 5.75 Å². The molecule has 0 spiro atoms. The minimum Gasteiger partial charge on any atom is -0.489 e. The molecule has 134 valence electrons. The van der Waals surface area contributed by atoms with Crippen molar-refractivity contribution in [3.05, 3.63) is 71.8 Å². The molecule has 0 saturated heterocycles. The zero-order valence-corrected chi connectivity index (χ0v) is 16.5. The fraction of sp³-hybridized carbons (Fsp3) is 0.417. The van der Waals surface area contributed by atoms with Crippen molar-refractivity contribution in [3.63, 3.8) is 0 Å². The van der Waals surface area contributed by atoms with E-state index < -0.39 is 0 Å². The maximum absolute atomic E-state index is 6.54. The van der Waals surface area contributed by atoms with E-state index in [0.29, 0.717) is 0 Å². The first kappa shape index (κ1) is 19.3. The molecular formula is C24H32O. The Hall–Kier alpha value is -2.02. The van der Waals surface area contributed by atoms with Crippen LogP contribution in [0.2, 0.25) is 0 Å². The topological polar surface area (TPSA) is 9.23 Å². The smallest absolute Gasteiger partial charge is 0.123 e. The second-order valence-electron chi connectivity index (χ2n) is 8.85. The van der Waals surface area contributed by atoms with E-state index in [-0.39, 0.29) is 16.9 Å². The molecule has 0 heterocycles. The minimum absolute atomic E-state index is 0.0746. The van der Waals surface area contributed by atoms with E-state index in [0.717, 1.165) is 12.2 Å². The van der Waals surface area contributed by atoms with Gasteiger partial charge in [-0.05, 0) is 34.4 Å². The molecule has 0 atom stereocenters. The average molecular weight is 337 g/mol. The van der Waals surface area contributed by atoms with E-state index in [1.165, 1.54) is 11.1 Å². The number of para-hydroxylation sites is 1. The largest absolute Gasteiger partial charge is 0.489 e. The van der Waals surface area contributed by atoms with Gasteiger partial charge in [0.1, 0.15) is 11.9 Å². The summed E-state index contributed by atoms with van der Waals surface area (Å²) < 4.78 is 6.54. The Morgan fingerprint density at radius 1 is 0.800 bits per heavy atom. The molecule has 0 aliphatic rings. The number of allylic oxidation sites excluding steroid dienone is 1. The number of rotatable bonds is 5. The highest BCUT2D eigenvalue weighted by molar-refractivity contribution is 5.50. The highest BCUT2D eigenvalue weighted by atomic mass is 16.5. The average Bonchev–Trinajstić information content (AvgIpc) is 2.52. The molecule has 0 aliphatic carbocycles. The molecule has 1 nitrogen and oxygen atoms in total. The first-order valence-corrected chi connectivity index (χ1v) is 9.14. The number of ether oxygens (including phenoxy) is 1. The maximum atomic E-state index is 6.54. The molecule has 0 amide bonds. The molecule has 0 radical (unpaired) electrons. The first-order valence-electron chi connectivity index (χ1n) is 9.14. The lowest BCUT2D eigenvalue weighted by molar-refractivity contribution is -0.00224. The van der Waals surface area contributed by atoms with Crippen LogP contribution < -0.4 is 4.74 Å². The molecule has 0 bridgehead atoms. The first-order chi connectivity index (χ1) is 11.7. The van der Waals surface area contributed by atoms with Crippen LogP contribution in [0.25, 0.3) is 6.08 Å². The maximum Gasteiger partial charge on any atom is 0.123 e. The second kappa shape index (κ2) is 7.91. The van der Waals surface area contributed by atoms with Crippen molar-refractivity contribution in [3.8, 4) is 5.75 Å². The lowest BCUT2D eigenvalue weighted by atomic mass is 9.74. The summed E-state index contributed by atoms with van der Waals surface area (Å²) in [4.78, 5) is 0. The summed E-state index contributed by atoms with van der Waals surface area (Å²) >= 11 is 0. The van der Waals surface area contributed by atoms with Crippen LogP contribution in [-0.4, -0.2) is 6.10 Å². The Morgan fingerprint density at radius 3 is 1.96 bits per heavy atom. The Kier molecular flexibility index (Phi) is 6.11. The van der Waals surface area contributed by atoms with E-state index in [1.54, 1.807) is 0 Å². The van der Waals surface area contributed by atoms with Gasteiger partial charge in [-0.3, -0.25) is 0 Å². The van der Waals surface area contributed by atoms with E-state index >= 15 is 0 Å². The quantitative estimate of drug-likeness (QED) is 0.584. The summed E-state index contributed by atoms with van der Waals surface area (Å²) in [5.41, 5.74) is 2.60. The van der Waals surface area contributed by atoms with Crippen LogP contribution in [0.3, 0.4) is 0 Å². The van der Waals surface area contributed by atoms with Gasteiger partial charge in [-0.25, -0.2) is 0 Å². The molecule has 0 fully saturated rings. The van der Waals surface area contributed by atoms with E-state index in [4.69, 9.17) is 4.74 Å². The number of benzene rings is 2. The van der Waals surface area contributed by atoms with E-state index in [9.17, 15) is 0 Å². The van der Waals surface area contributed by atoms with Crippen LogP contribution in [-0.2, 0) is 6.42 Å². The highest BCUT2D eigenvalue weighted by Crippen LogP contribution is 2.37. The van der Waals surface area contributed by atoms with Crippen LogP contribution >= 0.6 is 0 Å². The van der Waals surface area contributed by atoms with Crippen LogP contribution in [0.1, 0.15) is 52.7 Å². The SMILES string of the molecule is CC(C)(C)C(Oc1ccccc1CC=Cc1ccccc1)C(C)(C)C. The summed E-state index contributed by atoms with van der Waals surface area (Å²) in [6.45, 7) is 13.5. The summed E-state index contributed by atoms with van der Waals surface area (Å²) in [5.74, 6) is 0.995. The Morgan fingerprint density at radius 2 is 1.36 bits per heavy atom. The molecule has 0 saturated carbocycles. The van der Waals surface area contributed by atoms with Gasteiger partial charge >= 0.3 is 0 Å². The molecule has 2 aromatic carbocycles. The summed E-state index contributed by atoms with van der Waals surface area (Å²) in [6.07, 6.45) is 5.38. The molecule has 2 rings (SSSR count). The summed E-state index contributed by atoms with van der Waals surface area (Å²) in [5, 5.41) is 0. The van der Waals surface area contributed by atoms with Crippen molar-refractivity contribution in [1.29, 1.82) is 0 Å². The Bertz CT molecular complexity index is 670. The van der Waals surface area contributed by atoms with Crippen LogP contribution in [0.4, 0.5) is 0 Å². The Labute approximate surface area is 153 Å². The van der Waals surface area contributed by atoms with Gasteiger partial charge in [0.2, 0.25) is 0 Å². The van der Waals surface area contributed by atoms with Crippen LogP contribution in [0, 0.1) is 10.8 Å². The number of hydrogen-bond acceptors (Lipinski definition) is 1. The standard InChI is InChI=1S/C24H32O/c1-23(2,3)22(24(4,5)6)25-21-18-11-10-16-20(21)17-12-15-19-13-8-7-9-14-19/h7-16,18,22H,17H2,1-6H3. The molecule has 0 N–H and O–H groups in total. The summed E-state index contributed by atoms with van der Waals surface area (Å²) in [7, 11) is 0. The molecule has 1 heteroatoms. The van der Waals surface area contributed by atoms with E-state index in [2.05, 4.69) is 102 Å². The van der Waals surface area contributed by atoms with Crippen molar-refractivity contribution in [1.82, 2.24) is 0 Å². The van der Waals surface area contributed by atoms with Gasteiger partial charge in [-0.15, -0.1) is 0 Å². The second-order valence-corrected chi connectivity index (χ2v) is 8.85. The highest BCUT2D eigenvalue weighted by Gasteiger charge is 2.37. The third-order valence-electron chi connectivity index (χ3n) is 4.24. The number of hydrogen-bond donors (Lipinski definition) is 0. The zero-order valence-electron chi connectivity index (χ0n) is 16.5. The predicted octanol–water partition coefficient (Wildman–Crippen LogP) is 6.78. The third kappa shape index (κ3) is 5.77. The van der Waals surface area contributed by atoms with Crippen LogP contribution in [0.15, 0.2) is 60.7 Å². The fourth-order valence-corrected chi connectivity index (χ4v) is 3.45. The zero-order chi connectivity index (χ0) is 18.5. The van der Waals surface area contributed by atoms with Crippen molar-refractivity contribution < 1.29 is 4.74 Å². The van der Waals surface area contributed by atoms with E-state index in [1.807, 2.05) is 6.07 Å². The Balaban J connectivity index is 2.18. The molecular weight excluding hydrogens is 304 g/mol. The lowest BCUT2D eigenvalue weighted by Crippen LogP contribution is -2.43. The van der Waals surface area contributed by atoms with Gasteiger partial charge in [0.05, 0.1) is 0 Å². The van der Waals surface area contributed by atoms with Crippen molar-refractivity contribution >= 4 is 6.08 Å². The van der Waals surface area contributed by atoms with Crippen molar-refractivity contribution in [2.75, 3.05) is 0 Å². The molecule has 25 heavy (non-hydrogen) atoms. The van der Waals surface area contributed by atoms with Gasteiger partial charge in [0.15, 0.2) is 0 Å². The molecule has 2 aromatic rings. The lowest BCUT2D eigenvalue weighted by Gasteiger charge is -2.40. The minimum atomic E-state index is 0.0746. The fourth-order valence-electron chi connectivity index (χ4n) is 3.45. The molecule has 0 aliphatic heterocycles. The van der Waals surface area contributed by atoms with Gasteiger partial charge in [0, 0.05) is 0 Å². The van der Waals surface area contributed by atoms with Gasteiger partial charge in [-0.2, -0.15) is 0 Å². The van der Waals surface area contributed by atoms with Gasteiger partial charge < -0.3 is 4.74 Å².